The Kier molecular flexibility index (Phi) is 16.9. The van der Waals surface area contributed by atoms with Crippen molar-refractivity contribution in [3.63, 3.8) is 0 Å². The summed E-state index contributed by atoms with van der Waals surface area (Å²) in [4.78, 5) is 11.9. The van der Waals surface area contributed by atoms with E-state index in [0.717, 1.165) is 29.5 Å². The maximum atomic E-state index is 11.9. The molecule has 0 aliphatic heterocycles. The molecule has 3 heteroatoms. The van der Waals surface area contributed by atoms with Gasteiger partial charge in [-0.1, -0.05) is 115 Å². The lowest BCUT2D eigenvalue weighted by atomic mass is 10.0. The maximum absolute atomic E-state index is 11.9. The summed E-state index contributed by atoms with van der Waals surface area (Å²) >= 11 is 0. The zero-order chi connectivity index (χ0) is 23.4. The van der Waals surface area contributed by atoms with Crippen molar-refractivity contribution >= 4 is 5.97 Å². The average Bonchev–Trinajstić information content (AvgIpc) is 2.78. The van der Waals surface area contributed by atoms with Crippen LogP contribution in [0.2, 0.25) is 0 Å². The van der Waals surface area contributed by atoms with Gasteiger partial charge in [-0.2, -0.15) is 0 Å². The number of hydrogen-bond acceptors (Lipinski definition) is 3. The van der Waals surface area contributed by atoms with Gasteiger partial charge in [0, 0.05) is 6.42 Å². The summed E-state index contributed by atoms with van der Waals surface area (Å²) in [5.41, 5.74) is 2.81. The fourth-order valence-electron chi connectivity index (χ4n) is 4.34. The summed E-state index contributed by atoms with van der Waals surface area (Å²) < 4.78 is 5.38. The molecule has 1 aromatic rings. The smallest absolute Gasteiger partial charge is 0.306 e. The second kappa shape index (κ2) is 19.0. The number of unbranched alkanes of at least 4 members (excludes halogenated alkanes) is 15. The zero-order valence-corrected chi connectivity index (χ0v) is 21.4. The van der Waals surface area contributed by atoms with E-state index in [-0.39, 0.29) is 5.97 Å². The van der Waals surface area contributed by atoms with E-state index in [0.29, 0.717) is 25.2 Å². The van der Waals surface area contributed by atoms with Gasteiger partial charge in [0.05, 0.1) is 6.61 Å². The van der Waals surface area contributed by atoms with Crippen LogP contribution in [0.4, 0.5) is 0 Å². The topological polar surface area (TPSA) is 46.5 Å². The number of carbonyl (C=O) groups excluding carboxylic acids is 1. The van der Waals surface area contributed by atoms with Crippen LogP contribution in [0.15, 0.2) is 12.1 Å². The SMILES string of the molecule is CCCCCCCCCCCCCCCCCCOC(=O)CCc1cc(C)c(O)c(C)c1. The van der Waals surface area contributed by atoms with Gasteiger partial charge in [0.25, 0.3) is 0 Å². The lowest BCUT2D eigenvalue weighted by Gasteiger charge is -2.08. The number of carbonyl (C=O) groups is 1. The predicted molar refractivity (Wildman–Crippen MR) is 136 cm³/mol. The van der Waals surface area contributed by atoms with Crippen LogP contribution in [-0.4, -0.2) is 17.7 Å². The van der Waals surface area contributed by atoms with E-state index in [9.17, 15) is 9.90 Å². The van der Waals surface area contributed by atoms with Crippen molar-refractivity contribution in [2.24, 2.45) is 0 Å². The number of aryl methyl sites for hydroxylation is 3. The van der Waals surface area contributed by atoms with Crippen LogP contribution in [0, 0.1) is 13.8 Å². The molecule has 0 heterocycles. The first-order valence-corrected chi connectivity index (χ1v) is 13.5. The molecule has 0 radical (unpaired) electrons. The van der Waals surface area contributed by atoms with Crippen molar-refractivity contribution in [2.45, 2.75) is 136 Å². The van der Waals surface area contributed by atoms with Crippen molar-refractivity contribution in [1.82, 2.24) is 0 Å². The van der Waals surface area contributed by atoms with E-state index in [4.69, 9.17) is 4.74 Å². The number of benzene rings is 1. The summed E-state index contributed by atoms with van der Waals surface area (Å²) in [6.07, 6.45) is 22.6. The third-order valence-electron chi connectivity index (χ3n) is 6.43. The number of rotatable bonds is 20. The van der Waals surface area contributed by atoms with Crippen molar-refractivity contribution in [3.8, 4) is 5.75 Å². The van der Waals surface area contributed by atoms with Gasteiger partial charge in [-0.25, -0.2) is 0 Å². The largest absolute Gasteiger partial charge is 0.507 e. The van der Waals surface area contributed by atoms with Gasteiger partial charge < -0.3 is 9.84 Å². The van der Waals surface area contributed by atoms with Gasteiger partial charge in [0.1, 0.15) is 5.75 Å². The van der Waals surface area contributed by atoms with Crippen molar-refractivity contribution in [1.29, 1.82) is 0 Å². The number of aromatic hydroxyl groups is 1. The van der Waals surface area contributed by atoms with Gasteiger partial charge >= 0.3 is 5.97 Å². The Balaban J connectivity index is 1.85. The Morgan fingerprint density at radius 3 is 1.56 bits per heavy atom. The molecule has 0 spiro atoms. The highest BCUT2D eigenvalue weighted by molar-refractivity contribution is 5.69. The number of esters is 1. The molecule has 0 aliphatic carbocycles. The molecule has 1 N–H and O–H groups in total. The second-order valence-corrected chi connectivity index (χ2v) is 9.60. The van der Waals surface area contributed by atoms with Crippen molar-refractivity contribution in [2.75, 3.05) is 6.61 Å². The molecular formula is C29H50O3. The molecule has 0 saturated carbocycles. The number of hydrogen-bond donors (Lipinski definition) is 1. The zero-order valence-electron chi connectivity index (χ0n) is 21.4. The first-order valence-electron chi connectivity index (χ1n) is 13.5. The van der Waals surface area contributed by atoms with Gasteiger partial charge in [-0.05, 0) is 43.4 Å². The Morgan fingerprint density at radius 1 is 0.719 bits per heavy atom. The Labute approximate surface area is 198 Å². The fraction of sp³-hybridized carbons (Fsp3) is 0.759. The molecule has 184 valence electrons. The molecule has 3 nitrogen and oxygen atoms in total. The van der Waals surface area contributed by atoms with Crippen LogP contribution < -0.4 is 0 Å². The standard InChI is InChI=1S/C29H50O3/c1-4-5-6-7-8-9-10-11-12-13-14-15-16-17-18-19-22-32-28(30)21-20-27-23-25(2)29(31)26(3)24-27/h23-24,31H,4-22H2,1-3H3. The number of phenolic OH excluding ortho intramolecular Hbond substituents is 1. The first-order chi connectivity index (χ1) is 15.5. The van der Waals surface area contributed by atoms with Crippen molar-refractivity contribution in [3.05, 3.63) is 28.8 Å². The summed E-state index contributed by atoms with van der Waals surface area (Å²) in [6, 6.07) is 3.90. The minimum atomic E-state index is -0.116. The van der Waals surface area contributed by atoms with E-state index in [1.807, 2.05) is 26.0 Å². The van der Waals surface area contributed by atoms with E-state index >= 15 is 0 Å². The van der Waals surface area contributed by atoms with E-state index in [1.54, 1.807) is 0 Å². The van der Waals surface area contributed by atoms with Crippen LogP contribution in [-0.2, 0) is 16.0 Å². The molecule has 1 rings (SSSR count). The van der Waals surface area contributed by atoms with E-state index in [2.05, 4.69) is 6.92 Å². The van der Waals surface area contributed by atoms with Crippen LogP contribution in [0.25, 0.3) is 0 Å². The fourth-order valence-corrected chi connectivity index (χ4v) is 4.34. The molecule has 0 atom stereocenters. The van der Waals surface area contributed by atoms with Crippen LogP contribution >= 0.6 is 0 Å². The lowest BCUT2D eigenvalue weighted by Crippen LogP contribution is -2.07. The number of ether oxygens (including phenoxy) is 1. The predicted octanol–water partition coefficient (Wildman–Crippen LogP) is 8.75. The lowest BCUT2D eigenvalue weighted by molar-refractivity contribution is -0.143. The Morgan fingerprint density at radius 2 is 1.12 bits per heavy atom. The van der Waals surface area contributed by atoms with Gasteiger partial charge in [-0.15, -0.1) is 0 Å². The summed E-state index contributed by atoms with van der Waals surface area (Å²) in [5, 5.41) is 9.83. The molecule has 32 heavy (non-hydrogen) atoms. The first kappa shape index (κ1) is 28.5. The molecule has 0 fully saturated rings. The maximum Gasteiger partial charge on any atom is 0.306 e. The van der Waals surface area contributed by atoms with Crippen molar-refractivity contribution < 1.29 is 14.6 Å². The van der Waals surface area contributed by atoms with Gasteiger partial charge in [-0.3, -0.25) is 4.79 Å². The quantitative estimate of drug-likeness (QED) is 0.161. The molecule has 0 amide bonds. The Bertz CT molecular complexity index is 585. The van der Waals surface area contributed by atoms with Crippen LogP contribution in [0.5, 0.6) is 5.75 Å². The molecule has 0 unspecified atom stereocenters. The minimum absolute atomic E-state index is 0.116. The average molecular weight is 447 g/mol. The highest BCUT2D eigenvalue weighted by Gasteiger charge is 2.07. The summed E-state index contributed by atoms with van der Waals surface area (Å²) in [5.74, 6) is 0.231. The third kappa shape index (κ3) is 14.5. The number of phenols is 1. The highest BCUT2D eigenvalue weighted by atomic mass is 16.5. The molecular weight excluding hydrogens is 396 g/mol. The minimum Gasteiger partial charge on any atom is -0.507 e. The molecule has 0 saturated heterocycles. The third-order valence-corrected chi connectivity index (χ3v) is 6.43. The van der Waals surface area contributed by atoms with E-state index < -0.39 is 0 Å². The van der Waals surface area contributed by atoms with Crippen LogP contribution in [0.1, 0.15) is 133 Å². The molecule has 0 bridgehead atoms. The summed E-state index contributed by atoms with van der Waals surface area (Å²) in [7, 11) is 0. The molecule has 1 aromatic carbocycles. The van der Waals surface area contributed by atoms with Gasteiger partial charge in [0.15, 0.2) is 0 Å². The van der Waals surface area contributed by atoms with Gasteiger partial charge in [0.2, 0.25) is 0 Å². The van der Waals surface area contributed by atoms with E-state index in [1.165, 1.54) is 89.9 Å². The summed E-state index contributed by atoms with van der Waals surface area (Å²) in [6.45, 7) is 6.61. The normalized spacial score (nSPS) is 11.1. The van der Waals surface area contributed by atoms with Crippen LogP contribution in [0.3, 0.4) is 0 Å². The highest BCUT2D eigenvalue weighted by Crippen LogP contribution is 2.23. The Hall–Kier alpha value is -1.51. The molecule has 0 aromatic heterocycles. The second-order valence-electron chi connectivity index (χ2n) is 9.60. The molecule has 0 aliphatic rings. The monoisotopic (exact) mass is 446 g/mol.